The number of amides is 1. The second-order valence-electron chi connectivity index (χ2n) is 9.36. The molecule has 0 aromatic heterocycles. The summed E-state index contributed by atoms with van der Waals surface area (Å²) in [5.41, 5.74) is 6.78. The van der Waals surface area contributed by atoms with Crippen molar-refractivity contribution in [3.05, 3.63) is 34.9 Å². The average Bonchev–Trinajstić information content (AvgIpc) is 2.93. The molecule has 0 bridgehead atoms. The first-order chi connectivity index (χ1) is 18.6. The summed E-state index contributed by atoms with van der Waals surface area (Å²) in [6.45, 7) is 0.597. The van der Waals surface area contributed by atoms with Crippen LogP contribution in [0.25, 0.3) is 0 Å². The minimum Gasteiger partial charge on any atom is -0.465 e. The van der Waals surface area contributed by atoms with Crippen LogP contribution in [0.5, 0.6) is 0 Å². The van der Waals surface area contributed by atoms with Gasteiger partial charge in [0, 0.05) is 24.6 Å². The highest BCUT2D eigenvalue weighted by Crippen LogP contribution is 2.33. The summed E-state index contributed by atoms with van der Waals surface area (Å²) in [7, 11) is 1.14. The van der Waals surface area contributed by atoms with E-state index in [1.807, 2.05) is 0 Å². The molecule has 6 atom stereocenters. The van der Waals surface area contributed by atoms with Crippen LogP contribution in [0.1, 0.15) is 37.7 Å². The Morgan fingerprint density at radius 2 is 1.90 bits per heavy atom. The molecule has 0 spiro atoms. The van der Waals surface area contributed by atoms with Gasteiger partial charge in [0.2, 0.25) is 5.91 Å². The molecule has 12 heteroatoms. The first-order valence-corrected chi connectivity index (χ1v) is 13.2. The molecular formula is C27H39ClN2O9. The lowest BCUT2D eigenvalue weighted by molar-refractivity contribution is -0.309. The van der Waals surface area contributed by atoms with Crippen molar-refractivity contribution >= 4 is 23.5 Å². The topological polar surface area (TPSA) is 170 Å². The van der Waals surface area contributed by atoms with Crippen LogP contribution in [-0.4, -0.2) is 96.9 Å². The minimum atomic E-state index is -2.02. The average molecular weight is 571 g/mol. The number of nitrogens with one attached hydrogen (secondary N) is 1. The fourth-order valence-corrected chi connectivity index (χ4v) is 4.28. The van der Waals surface area contributed by atoms with Gasteiger partial charge in [0.1, 0.15) is 18.8 Å². The van der Waals surface area contributed by atoms with Crippen LogP contribution in [0, 0.1) is 12.3 Å². The number of hydrogen-bond acceptors (Lipinski definition) is 10. The van der Waals surface area contributed by atoms with E-state index < -0.39 is 48.1 Å². The maximum atomic E-state index is 12.7. The van der Waals surface area contributed by atoms with Gasteiger partial charge in [-0.3, -0.25) is 4.79 Å². The molecule has 39 heavy (non-hydrogen) atoms. The number of methoxy groups -OCH3 is 1. The Hall–Kier alpha value is -2.27. The third kappa shape index (κ3) is 10.3. The van der Waals surface area contributed by atoms with E-state index in [0.717, 1.165) is 26.4 Å². The molecule has 11 nitrogen and oxygen atoms in total. The molecule has 0 aliphatic carbocycles. The fourth-order valence-electron chi connectivity index (χ4n) is 4.15. The maximum absolute atomic E-state index is 12.7. The van der Waals surface area contributed by atoms with Gasteiger partial charge in [-0.05, 0) is 30.5 Å². The molecular weight excluding hydrogens is 532 g/mol. The standard InChI is InChI=1S/C27H39ClN2O9/c1-3-12-37-13-6-4-5-7-14-38-27(26(35)36-2)16-20(31)23(29)25(39-27)24(34)21(32)17-30-22(33)15-18-8-10-19(28)11-9-18/h1,8-11,20-21,23-25,31-32,34H,4-7,12-17,29H2,2H3,(H,30,33)/t20-,21+,23+,24+,25+,27+/m0/s1. The normalized spacial score (nSPS) is 24.4. The van der Waals surface area contributed by atoms with Gasteiger partial charge >= 0.3 is 5.97 Å². The van der Waals surface area contributed by atoms with Gasteiger partial charge in [0.25, 0.3) is 5.79 Å². The monoisotopic (exact) mass is 570 g/mol. The smallest absolute Gasteiger partial charge is 0.366 e. The Morgan fingerprint density at radius 1 is 1.23 bits per heavy atom. The van der Waals surface area contributed by atoms with Crippen molar-refractivity contribution in [3.8, 4) is 12.3 Å². The van der Waals surface area contributed by atoms with Gasteiger partial charge in [-0.1, -0.05) is 42.5 Å². The fraction of sp³-hybridized carbons (Fsp3) is 0.630. The first kappa shape index (κ1) is 32.9. The number of carbonyl (C=O) groups excluding carboxylic acids is 2. The van der Waals surface area contributed by atoms with Crippen LogP contribution >= 0.6 is 11.6 Å². The number of aliphatic hydroxyl groups excluding tert-OH is 3. The summed E-state index contributed by atoms with van der Waals surface area (Å²) in [5, 5.41) is 35.1. The Bertz CT molecular complexity index is 942. The highest BCUT2D eigenvalue weighted by Gasteiger charge is 2.55. The van der Waals surface area contributed by atoms with Crippen molar-refractivity contribution in [2.75, 3.05) is 33.5 Å². The van der Waals surface area contributed by atoms with E-state index in [4.69, 9.17) is 42.7 Å². The number of nitrogens with two attached hydrogens (primary N) is 1. The zero-order valence-corrected chi connectivity index (χ0v) is 22.8. The van der Waals surface area contributed by atoms with Crippen molar-refractivity contribution in [1.82, 2.24) is 5.32 Å². The Labute approximate surface area is 233 Å². The Morgan fingerprint density at radius 3 is 2.54 bits per heavy atom. The molecule has 0 saturated carbocycles. The Kier molecular flexibility index (Phi) is 14.1. The van der Waals surface area contributed by atoms with E-state index >= 15 is 0 Å². The van der Waals surface area contributed by atoms with Crippen molar-refractivity contribution in [1.29, 1.82) is 0 Å². The molecule has 2 rings (SSSR count). The summed E-state index contributed by atoms with van der Waals surface area (Å²) >= 11 is 5.85. The molecule has 1 fully saturated rings. The number of terminal acetylenes is 1. The predicted molar refractivity (Wildman–Crippen MR) is 142 cm³/mol. The Balaban J connectivity index is 1.93. The van der Waals surface area contributed by atoms with E-state index in [-0.39, 0.29) is 32.6 Å². The summed E-state index contributed by atoms with van der Waals surface area (Å²) in [6, 6.07) is 5.56. The van der Waals surface area contributed by atoms with Crippen LogP contribution in [0.15, 0.2) is 24.3 Å². The molecule has 218 valence electrons. The summed E-state index contributed by atoms with van der Waals surface area (Å²) in [4.78, 5) is 25.0. The lowest BCUT2D eigenvalue weighted by atomic mass is 9.89. The number of aliphatic hydroxyl groups is 3. The van der Waals surface area contributed by atoms with Gasteiger partial charge < -0.3 is 45.3 Å². The van der Waals surface area contributed by atoms with Crippen molar-refractivity contribution < 1.29 is 43.9 Å². The highest BCUT2D eigenvalue weighted by atomic mass is 35.5. The van der Waals surface area contributed by atoms with Crippen molar-refractivity contribution in [2.45, 2.75) is 74.8 Å². The largest absolute Gasteiger partial charge is 0.465 e. The number of rotatable bonds is 16. The van der Waals surface area contributed by atoms with Crippen LogP contribution in [0.2, 0.25) is 5.02 Å². The zero-order valence-electron chi connectivity index (χ0n) is 22.1. The van der Waals surface area contributed by atoms with Crippen LogP contribution < -0.4 is 11.1 Å². The lowest BCUT2D eigenvalue weighted by Gasteiger charge is -2.45. The number of unbranched alkanes of at least 4 members (excludes halogenated alkanes) is 3. The molecule has 1 aromatic rings. The number of halogens is 1. The summed E-state index contributed by atoms with van der Waals surface area (Å²) < 4.78 is 21.7. The van der Waals surface area contributed by atoms with E-state index in [9.17, 15) is 24.9 Å². The van der Waals surface area contributed by atoms with Crippen LogP contribution in [0.3, 0.4) is 0 Å². The summed E-state index contributed by atoms with van der Waals surface area (Å²) in [6.07, 6.45) is 1.98. The number of benzene rings is 1. The van der Waals surface area contributed by atoms with Crippen LogP contribution in [-0.2, 0) is 35.0 Å². The zero-order chi connectivity index (χ0) is 28.8. The molecule has 0 unspecified atom stereocenters. The van der Waals surface area contributed by atoms with E-state index in [1.54, 1.807) is 24.3 Å². The van der Waals surface area contributed by atoms with Gasteiger partial charge in [-0.15, -0.1) is 6.42 Å². The molecule has 0 radical (unpaired) electrons. The van der Waals surface area contributed by atoms with Crippen molar-refractivity contribution in [3.63, 3.8) is 0 Å². The molecule has 1 heterocycles. The van der Waals surface area contributed by atoms with E-state index in [2.05, 4.69) is 11.2 Å². The minimum absolute atomic E-state index is 0.0371. The molecule has 1 saturated heterocycles. The second-order valence-corrected chi connectivity index (χ2v) is 9.80. The number of ether oxygens (including phenoxy) is 4. The SMILES string of the molecule is C#CCOCCCCCCO[C@]1(C(=O)OC)C[C@H](O)[C@@H](N)[C@H]([C@H](O)[C@H](O)CNC(=O)Cc2ccc(Cl)cc2)O1. The number of carbonyl (C=O) groups is 2. The maximum Gasteiger partial charge on any atom is 0.366 e. The van der Waals surface area contributed by atoms with Crippen molar-refractivity contribution in [2.24, 2.45) is 5.73 Å². The van der Waals surface area contributed by atoms with E-state index in [1.165, 1.54) is 0 Å². The summed E-state index contributed by atoms with van der Waals surface area (Å²) in [5.74, 6) is -0.926. The predicted octanol–water partition coefficient (Wildman–Crippen LogP) is 0.294. The van der Waals surface area contributed by atoms with Gasteiger partial charge in [0.15, 0.2) is 0 Å². The second kappa shape index (κ2) is 16.7. The molecule has 1 aromatic carbocycles. The van der Waals surface area contributed by atoms with Gasteiger partial charge in [-0.25, -0.2) is 4.79 Å². The highest BCUT2D eigenvalue weighted by molar-refractivity contribution is 6.30. The quantitative estimate of drug-likeness (QED) is 0.106. The molecule has 1 aliphatic rings. The van der Waals surface area contributed by atoms with Gasteiger partial charge in [0.05, 0.1) is 38.4 Å². The number of esters is 1. The number of hydrogen-bond donors (Lipinski definition) is 5. The lowest BCUT2D eigenvalue weighted by Crippen LogP contribution is -2.66. The molecule has 6 N–H and O–H groups in total. The van der Waals surface area contributed by atoms with E-state index in [0.29, 0.717) is 23.6 Å². The molecule has 1 amide bonds. The third-order valence-electron chi connectivity index (χ3n) is 6.35. The first-order valence-electron chi connectivity index (χ1n) is 12.9. The van der Waals surface area contributed by atoms with Gasteiger partial charge in [-0.2, -0.15) is 0 Å². The van der Waals surface area contributed by atoms with Crippen LogP contribution in [0.4, 0.5) is 0 Å². The third-order valence-corrected chi connectivity index (χ3v) is 6.60. The molecule has 1 aliphatic heterocycles.